The van der Waals surface area contributed by atoms with Crippen LogP contribution in [0.1, 0.15) is 36.8 Å². The number of hydrogen-bond acceptors (Lipinski definition) is 5. The van der Waals surface area contributed by atoms with E-state index in [0.29, 0.717) is 30.8 Å². The molecule has 2 aromatic rings. The van der Waals surface area contributed by atoms with Crippen molar-refractivity contribution in [2.24, 2.45) is 0 Å². The fourth-order valence-corrected chi connectivity index (χ4v) is 3.82. The van der Waals surface area contributed by atoms with Crippen LogP contribution in [0.5, 0.6) is 0 Å². The molecule has 8 heteroatoms. The molecule has 2 aromatic heterocycles. The lowest BCUT2D eigenvalue weighted by Gasteiger charge is -2.11. The van der Waals surface area contributed by atoms with Crippen LogP contribution in [0.25, 0.3) is 11.0 Å². The maximum atomic E-state index is 11.9. The van der Waals surface area contributed by atoms with Crippen molar-refractivity contribution in [1.82, 2.24) is 19.3 Å². The van der Waals surface area contributed by atoms with Gasteiger partial charge in [0.1, 0.15) is 11.3 Å². The third-order valence-electron chi connectivity index (χ3n) is 4.01. The molecule has 128 valence electrons. The molecule has 2 heterocycles. The number of nitrogens with zero attached hydrogens (tertiary/aromatic N) is 3. The van der Waals surface area contributed by atoms with Gasteiger partial charge >= 0.3 is 0 Å². The monoisotopic (exact) mass is 339 g/mol. The van der Waals surface area contributed by atoms with Gasteiger partial charge in [0.05, 0.1) is 11.3 Å². The van der Waals surface area contributed by atoms with Crippen LogP contribution in [0.3, 0.4) is 0 Å². The first kappa shape index (κ1) is 17.7. The van der Waals surface area contributed by atoms with Gasteiger partial charge in [-0.15, -0.1) is 0 Å². The fourth-order valence-electron chi connectivity index (χ4n) is 2.61. The van der Waals surface area contributed by atoms with Gasteiger partial charge in [0.15, 0.2) is 5.82 Å². The van der Waals surface area contributed by atoms with E-state index >= 15 is 0 Å². The van der Waals surface area contributed by atoms with Crippen LogP contribution in [0, 0.1) is 20.8 Å². The smallest absolute Gasteiger partial charge is 0.211 e. The molecule has 0 atom stereocenters. The second-order valence-electron chi connectivity index (χ2n) is 5.78. The van der Waals surface area contributed by atoms with E-state index in [4.69, 9.17) is 5.73 Å². The number of nitrogen functional groups attached to an aromatic ring is 1. The zero-order valence-electron chi connectivity index (χ0n) is 14.2. The van der Waals surface area contributed by atoms with Crippen molar-refractivity contribution in [2.75, 3.05) is 18.0 Å². The zero-order valence-corrected chi connectivity index (χ0v) is 15.0. The van der Waals surface area contributed by atoms with Gasteiger partial charge < -0.3 is 10.3 Å². The summed E-state index contributed by atoms with van der Waals surface area (Å²) < 4.78 is 28.4. The summed E-state index contributed by atoms with van der Waals surface area (Å²) in [7, 11) is -3.21. The summed E-state index contributed by atoms with van der Waals surface area (Å²) in [5, 5.41) is 0. The van der Waals surface area contributed by atoms with Gasteiger partial charge in [-0.2, -0.15) is 0 Å². The molecule has 7 nitrogen and oxygen atoms in total. The molecule has 0 aliphatic carbocycles. The van der Waals surface area contributed by atoms with Gasteiger partial charge in [-0.25, -0.2) is 23.1 Å². The molecule has 2 rings (SSSR count). The third kappa shape index (κ3) is 3.81. The Balaban J connectivity index is 2.23. The van der Waals surface area contributed by atoms with Gasteiger partial charge in [0, 0.05) is 18.8 Å². The molecule has 0 spiro atoms. The fraction of sp³-hybridized carbons (Fsp3) is 0.600. The number of rotatable bonds is 7. The molecule has 0 fully saturated rings. The van der Waals surface area contributed by atoms with Crippen LogP contribution in [0.2, 0.25) is 0 Å². The molecule has 0 amide bonds. The van der Waals surface area contributed by atoms with E-state index in [1.165, 1.54) is 0 Å². The molecule has 0 saturated heterocycles. The quantitative estimate of drug-likeness (QED) is 0.798. The van der Waals surface area contributed by atoms with E-state index in [9.17, 15) is 8.42 Å². The first-order valence-electron chi connectivity index (χ1n) is 7.83. The van der Waals surface area contributed by atoms with Crippen molar-refractivity contribution < 1.29 is 8.42 Å². The van der Waals surface area contributed by atoms with Crippen molar-refractivity contribution in [1.29, 1.82) is 0 Å². The standard InChI is InChI=1S/C15H25N5O2S/c1-5-6-9-23(21,22)17-7-8-20-12(4)19-13-14(20)10(2)11(3)18-15(13)16/h17H,5-9H2,1-4H3,(H2,16,18). The van der Waals surface area contributed by atoms with E-state index in [-0.39, 0.29) is 5.75 Å². The predicted octanol–water partition coefficient (Wildman–Crippen LogP) is 1.66. The van der Waals surface area contributed by atoms with Crippen molar-refractivity contribution in [3.63, 3.8) is 0 Å². The van der Waals surface area contributed by atoms with Crippen molar-refractivity contribution in [3.8, 4) is 0 Å². The minimum atomic E-state index is -3.21. The van der Waals surface area contributed by atoms with Crippen molar-refractivity contribution >= 4 is 26.9 Å². The van der Waals surface area contributed by atoms with Crippen LogP contribution < -0.4 is 10.5 Å². The van der Waals surface area contributed by atoms with Gasteiger partial charge in [0.25, 0.3) is 0 Å². The maximum absolute atomic E-state index is 11.9. The molecular formula is C15H25N5O2S. The highest BCUT2D eigenvalue weighted by atomic mass is 32.2. The highest BCUT2D eigenvalue weighted by Gasteiger charge is 2.16. The minimum Gasteiger partial charge on any atom is -0.382 e. The van der Waals surface area contributed by atoms with Crippen LogP contribution >= 0.6 is 0 Å². The molecule has 0 aliphatic rings. The second kappa shape index (κ2) is 6.84. The number of aryl methyl sites for hydroxylation is 3. The summed E-state index contributed by atoms with van der Waals surface area (Å²) in [6, 6.07) is 0. The Kier molecular flexibility index (Phi) is 5.26. The van der Waals surface area contributed by atoms with Crippen molar-refractivity contribution in [3.05, 3.63) is 17.1 Å². The molecule has 23 heavy (non-hydrogen) atoms. The number of fused-ring (bicyclic) bond motifs is 1. The number of nitrogens with one attached hydrogen (secondary N) is 1. The Morgan fingerprint density at radius 2 is 1.91 bits per heavy atom. The van der Waals surface area contributed by atoms with E-state index in [1.807, 2.05) is 32.3 Å². The SMILES string of the molecule is CCCCS(=O)(=O)NCCn1c(C)nc2c(N)nc(C)c(C)c21. The molecular weight excluding hydrogens is 314 g/mol. The number of unbranched alkanes of at least 4 members (excludes halogenated alkanes) is 1. The van der Waals surface area contributed by atoms with Gasteiger partial charge in [-0.05, 0) is 32.8 Å². The Hall–Kier alpha value is -1.67. The number of imidazole rings is 1. The summed E-state index contributed by atoms with van der Waals surface area (Å²) in [5.74, 6) is 1.38. The number of nitrogens with two attached hydrogens (primary N) is 1. The van der Waals surface area contributed by atoms with Crippen LogP contribution in [-0.4, -0.2) is 35.3 Å². The third-order valence-corrected chi connectivity index (χ3v) is 5.48. The lowest BCUT2D eigenvalue weighted by atomic mass is 10.2. The molecule has 0 radical (unpaired) electrons. The lowest BCUT2D eigenvalue weighted by Crippen LogP contribution is -2.29. The van der Waals surface area contributed by atoms with Crippen molar-refractivity contribution in [2.45, 2.75) is 47.1 Å². The van der Waals surface area contributed by atoms with Gasteiger partial charge in [-0.1, -0.05) is 13.3 Å². The molecule has 0 saturated carbocycles. The highest BCUT2D eigenvalue weighted by Crippen LogP contribution is 2.25. The van der Waals surface area contributed by atoms with Crippen LogP contribution in [0.15, 0.2) is 0 Å². The van der Waals surface area contributed by atoms with Gasteiger partial charge in [-0.3, -0.25) is 0 Å². The molecule has 0 unspecified atom stereocenters. The van der Waals surface area contributed by atoms with E-state index in [0.717, 1.165) is 29.0 Å². The first-order chi connectivity index (χ1) is 10.8. The predicted molar refractivity (Wildman–Crippen MR) is 92.8 cm³/mol. The average Bonchev–Trinajstić information content (AvgIpc) is 2.81. The molecule has 0 bridgehead atoms. The van der Waals surface area contributed by atoms with Gasteiger partial charge in [0.2, 0.25) is 10.0 Å². The second-order valence-corrected chi connectivity index (χ2v) is 7.71. The first-order valence-corrected chi connectivity index (χ1v) is 9.49. The Morgan fingerprint density at radius 1 is 1.22 bits per heavy atom. The number of anilines is 1. The van der Waals surface area contributed by atoms with E-state index in [1.54, 1.807) is 0 Å². The number of pyridine rings is 1. The molecule has 3 N–H and O–H groups in total. The Morgan fingerprint density at radius 3 is 2.57 bits per heavy atom. The summed E-state index contributed by atoms with van der Waals surface area (Å²) in [6.07, 6.45) is 1.53. The lowest BCUT2D eigenvalue weighted by molar-refractivity contribution is 0.569. The number of aromatic nitrogens is 3. The van der Waals surface area contributed by atoms with E-state index in [2.05, 4.69) is 14.7 Å². The molecule has 0 aromatic carbocycles. The summed E-state index contributed by atoms with van der Waals surface area (Å²) in [6.45, 7) is 8.59. The normalized spacial score (nSPS) is 12.2. The Labute approximate surface area is 137 Å². The maximum Gasteiger partial charge on any atom is 0.211 e. The number of sulfonamides is 1. The summed E-state index contributed by atoms with van der Waals surface area (Å²) in [5.41, 5.74) is 9.45. The zero-order chi connectivity index (χ0) is 17.2. The summed E-state index contributed by atoms with van der Waals surface area (Å²) in [4.78, 5) is 8.78. The van der Waals surface area contributed by atoms with Crippen LogP contribution in [-0.2, 0) is 16.6 Å². The number of hydrogen-bond donors (Lipinski definition) is 2. The highest BCUT2D eigenvalue weighted by molar-refractivity contribution is 7.89. The average molecular weight is 339 g/mol. The Bertz CT molecular complexity index is 811. The largest absolute Gasteiger partial charge is 0.382 e. The van der Waals surface area contributed by atoms with Crippen LogP contribution in [0.4, 0.5) is 5.82 Å². The topological polar surface area (TPSA) is 103 Å². The van der Waals surface area contributed by atoms with E-state index < -0.39 is 10.0 Å². The minimum absolute atomic E-state index is 0.169. The molecule has 0 aliphatic heterocycles. The summed E-state index contributed by atoms with van der Waals surface area (Å²) >= 11 is 0.